The van der Waals surface area contributed by atoms with Crippen LogP contribution in [0.1, 0.15) is 19.8 Å². The summed E-state index contributed by atoms with van der Waals surface area (Å²) < 4.78 is 0. The fraction of sp³-hybridized carbons (Fsp3) is 1.00. The van der Waals surface area contributed by atoms with Crippen molar-refractivity contribution >= 4 is 0 Å². The molecule has 2 nitrogen and oxygen atoms in total. The normalized spacial score (nSPS) is 51.5. The molecule has 0 spiro atoms. The van der Waals surface area contributed by atoms with Gasteiger partial charge < -0.3 is 10.0 Å². The van der Waals surface area contributed by atoms with Gasteiger partial charge in [-0.1, -0.05) is 0 Å². The molecule has 2 unspecified atom stereocenters. The van der Waals surface area contributed by atoms with E-state index < -0.39 is 0 Å². The van der Waals surface area contributed by atoms with Gasteiger partial charge in [-0.05, 0) is 26.8 Å². The lowest BCUT2D eigenvalue weighted by molar-refractivity contribution is -0.0633. The first kappa shape index (κ1) is 7.56. The van der Waals surface area contributed by atoms with Crippen molar-refractivity contribution in [3.8, 4) is 0 Å². The molecule has 2 aliphatic rings. The number of aliphatic hydroxyl groups is 1. The SMILES string of the molecule is CN1CC2CCC(C1)C2(C)O. The Balaban J connectivity index is 2.19. The quantitative estimate of drug-likeness (QED) is 0.557. The van der Waals surface area contributed by atoms with Gasteiger partial charge in [0.1, 0.15) is 0 Å². The molecule has 2 fully saturated rings. The van der Waals surface area contributed by atoms with Crippen molar-refractivity contribution in [1.29, 1.82) is 0 Å². The van der Waals surface area contributed by atoms with Crippen molar-refractivity contribution in [1.82, 2.24) is 4.90 Å². The van der Waals surface area contributed by atoms with E-state index in [-0.39, 0.29) is 5.60 Å². The van der Waals surface area contributed by atoms with E-state index in [2.05, 4.69) is 11.9 Å². The minimum absolute atomic E-state index is 0.355. The van der Waals surface area contributed by atoms with Crippen LogP contribution >= 0.6 is 0 Å². The molecule has 0 aromatic heterocycles. The van der Waals surface area contributed by atoms with Crippen LogP contribution in [0.5, 0.6) is 0 Å². The Bertz CT molecular complexity index is 151. The highest BCUT2D eigenvalue weighted by atomic mass is 16.3. The number of hydrogen-bond acceptors (Lipinski definition) is 2. The molecule has 1 saturated carbocycles. The van der Waals surface area contributed by atoms with Gasteiger partial charge in [0.2, 0.25) is 0 Å². The van der Waals surface area contributed by atoms with Crippen LogP contribution < -0.4 is 0 Å². The van der Waals surface area contributed by atoms with Crippen molar-refractivity contribution < 1.29 is 5.11 Å². The Morgan fingerprint density at radius 1 is 1.27 bits per heavy atom. The zero-order valence-electron chi connectivity index (χ0n) is 7.38. The Morgan fingerprint density at radius 2 is 1.73 bits per heavy atom. The average Bonchev–Trinajstić information content (AvgIpc) is 2.19. The summed E-state index contributed by atoms with van der Waals surface area (Å²) in [6.07, 6.45) is 2.45. The maximum absolute atomic E-state index is 10.1. The van der Waals surface area contributed by atoms with Crippen LogP contribution in [-0.2, 0) is 0 Å². The van der Waals surface area contributed by atoms with E-state index >= 15 is 0 Å². The Labute approximate surface area is 68.2 Å². The third-order valence-electron chi connectivity index (χ3n) is 3.58. The number of nitrogens with zero attached hydrogens (tertiary/aromatic N) is 1. The summed E-state index contributed by atoms with van der Waals surface area (Å²) in [5.41, 5.74) is -0.355. The standard InChI is InChI=1S/C9H17NO/c1-9(11)7-3-4-8(9)6-10(2)5-7/h7-8,11H,3-6H2,1-2H3. The second-order valence-electron chi connectivity index (χ2n) is 4.42. The number of fused-ring (bicyclic) bond motifs is 2. The molecule has 11 heavy (non-hydrogen) atoms. The molecule has 1 N–H and O–H groups in total. The summed E-state index contributed by atoms with van der Waals surface area (Å²) in [5, 5.41) is 10.1. The van der Waals surface area contributed by atoms with Crippen LogP contribution in [0.25, 0.3) is 0 Å². The van der Waals surface area contributed by atoms with Gasteiger partial charge >= 0.3 is 0 Å². The molecule has 1 aliphatic heterocycles. The Kier molecular flexibility index (Phi) is 1.52. The Hall–Kier alpha value is -0.0800. The molecular weight excluding hydrogens is 138 g/mol. The first-order valence-corrected chi connectivity index (χ1v) is 4.51. The van der Waals surface area contributed by atoms with E-state index in [4.69, 9.17) is 0 Å². The molecule has 2 heteroatoms. The van der Waals surface area contributed by atoms with Crippen molar-refractivity contribution in [3.05, 3.63) is 0 Å². The molecule has 0 aromatic carbocycles. The van der Waals surface area contributed by atoms with Crippen LogP contribution in [0.15, 0.2) is 0 Å². The van der Waals surface area contributed by atoms with Gasteiger partial charge in [-0.25, -0.2) is 0 Å². The summed E-state index contributed by atoms with van der Waals surface area (Å²) >= 11 is 0. The van der Waals surface area contributed by atoms with Crippen LogP contribution in [0.3, 0.4) is 0 Å². The molecule has 1 saturated heterocycles. The third-order valence-corrected chi connectivity index (χ3v) is 3.58. The third kappa shape index (κ3) is 1.00. The van der Waals surface area contributed by atoms with E-state index in [1.54, 1.807) is 0 Å². The number of hydrogen-bond donors (Lipinski definition) is 1. The molecule has 2 rings (SSSR count). The predicted octanol–water partition coefficient (Wildman–Crippen LogP) is 0.709. The summed E-state index contributed by atoms with van der Waals surface area (Å²) in [6, 6.07) is 0. The fourth-order valence-electron chi connectivity index (χ4n) is 2.70. The molecule has 1 aliphatic carbocycles. The van der Waals surface area contributed by atoms with E-state index in [1.165, 1.54) is 12.8 Å². The van der Waals surface area contributed by atoms with Crippen LogP contribution in [0.2, 0.25) is 0 Å². The largest absolute Gasteiger partial charge is 0.390 e. The predicted molar refractivity (Wildman–Crippen MR) is 44.3 cm³/mol. The van der Waals surface area contributed by atoms with Crippen molar-refractivity contribution in [2.45, 2.75) is 25.4 Å². The molecular formula is C9H17NO. The monoisotopic (exact) mass is 155 g/mol. The minimum atomic E-state index is -0.355. The fourth-order valence-corrected chi connectivity index (χ4v) is 2.70. The molecule has 0 aromatic rings. The maximum atomic E-state index is 10.1. The van der Waals surface area contributed by atoms with Crippen molar-refractivity contribution in [2.24, 2.45) is 11.8 Å². The van der Waals surface area contributed by atoms with Gasteiger partial charge in [0.15, 0.2) is 0 Å². The zero-order chi connectivity index (χ0) is 8.06. The lowest BCUT2D eigenvalue weighted by Crippen LogP contribution is -2.50. The van der Waals surface area contributed by atoms with Gasteiger partial charge in [0.25, 0.3) is 0 Å². The van der Waals surface area contributed by atoms with Crippen LogP contribution in [-0.4, -0.2) is 35.7 Å². The van der Waals surface area contributed by atoms with Crippen molar-refractivity contribution in [3.63, 3.8) is 0 Å². The highest BCUT2D eigenvalue weighted by molar-refractivity contribution is 5.00. The summed E-state index contributed by atoms with van der Waals surface area (Å²) in [5.74, 6) is 1.07. The maximum Gasteiger partial charge on any atom is 0.0700 e. The van der Waals surface area contributed by atoms with E-state index in [1.807, 2.05) is 6.92 Å². The molecule has 2 atom stereocenters. The van der Waals surface area contributed by atoms with Crippen LogP contribution in [0, 0.1) is 11.8 Å². The number of likely N-dealkylation sites (tertiary alicyclic amines) is 1. The summed E-state index contributed by atoms with van der Waals surface area (Å²) in [6.45, 7) is 4.19. The van der Waals surface area contributed by atoms with Gasteiger partial charge in [0.05, 0.1) is 5.60 Å². The summed E-state index contributed by atoms with van der Waals surface area (Å²) in [7, 11) is 2.15. The molecule has 1 heterocycles. The van der Waals surface area contributed by atoms with Gasteiger partial charge in [-0.15, -0.1) is 0 Å². The highest BCUT2D eigenvalue weighted by Crippen LogP contribution is 2.44. The minimum Gasteiger partial charge on any atom is -0.390 e. The lowest BCUT2D eigenvalue weighted by atomic mass is 9.82. The second-order valence-corrected chi connectivity index (χ2v) is 4.42. The van der Waals surface area contributed by atoms with Gasteiger partial charge in [-0.3, -0.25) is 0 Å². The highest BCUT2D eigenvalue weighted by Gasteiger charge is 2.48. The summed E-state index contributed by atoms with van der Waals surface area (Å²) in [4.78, 5) is 2.35. The first-order chi connectivity index (χ1) is 5.10. The van der Waals surface area contributed by atoms with E-state index in [0.717, 1.165) is 13.1 Å². The van der Waals surface area contributed by atoms with E-state index in [0.29, 0.717) is 11.8 Å². The molecule has 0 amide bonds. The first-order valence-electron chi connectivity index (χ1n) is 4.51. The van der Waals surface area contributed by atoms with Gasteiger partial charge in [-0.2, -0.15) is 0 Å². The topological polar surface area (TPSA) is 23.5 Å². The zero-order valence-corrected chi connectivity index (χ0v) is 7.38. The van der Waals surface area contributed by atoms with Crippen molar-refractivity contribution in [2.75, 3.05) is 20.1 Å². The average molecular weight is 155 g/mol. The molecule has 2 bridgehead atoms. The van der Waals surface area contributed by atoms with E-state index in [9.17, 15) is 5.11 Å². The number of rotatable bonds is 0. The lowest BCUT2D eigenvalue weighted by Gasteiger charge is -2.40. The molecule has 64 valence electrons. The Morgan fingerprint density at radius 3 is 2.18 bits per heavy atom. The second kappa shape index (κ2) is 2.20. The smallest absolute Gasteiger partial charge is 0.0700 e. The van der Waals surface area contributed by atoms with Crippen LogP contribution in [0.4, 0.5) is 0 Å². The molecule has 0 radical (unpaired) electrons. The van der Waals surface area contributed by atoms with Gasteiger partial charge in [0, 0.05) is 24.9 Å². The number of piperidine rings is 1.